The molecule has 1 fully saturated rings. The van der Waals surface area contributed by atoms with Gasteiger partial charge in [0.15, 0.2) is 0 Å². The number of carbonyl (C=O) groups is 1. The van der Waals surface area contributed by atoms with Gasteiger partial charge in [0.25, 0.3) is 0 Å². The summed E-state index contributed by atoms with van der Waals surface area (Å²) in [6.45, 7) is 4.28. The van der Waals surface area contributed by atoms with Crippen molar-refractivity contribution < 1.29 is 14.3 Å². The van der Waals surface area contributed by atoms with E-state index in [1.807, 2.05) is 0 Å². The van der Waals surface area contributed by atoms with Gasteiger partial charge < -0.3 is 9.47 Å². The van der Waals surface area contributed by atoms with E-state index in [0.717, 1.165) is 32.5 Å². The van der Waals surface area contributed by atoms with E-state index in [1.165, 1.54) is 51.4 Å². The number of hydrogen-bond acceptors (Lipinski definition) is 3. The predicted molar refractivity (Wildman–Crippen MR) is 105 cm³/mol. The Hall–Kier alpha value is -1.09. The minimum atomic E-state index is -0.0439. The SMILES string of the molecule is CCCCC/C=C\C/C=C\CCCCCCCC(=O)OCC1COC1. The number of carbonyl (C=O) groups excluding carboxylic acids is 1. The molecule has 0 aliphatic carbocycles. The van der Waals surface area contributed by atoms with E-state index in [4.69, 9.17) is 9.47 Å². The first-order valence-corrected chi connectivity index (χ1v) is 10.4. The van der Waals surface area contributed by atoms with Gasteiger partial charge in [-0.2, -0.15) is 0 Å². The average Bonchev–Trinajstić information content (AvgIpc) is 2.57. The van der Waals surface area contributed by atoms with Crippen LogP contribution in [0.4, 0.5) is 0 Å². The molecule has 3 heteroatoms. The zero-order valence-electron chi connectivity index (χ0n) is 16.2. The maximum absolute atomic E-state index is 11.5. The lowest BCUT2D eigenvalue weighted by atomic mass is 10.1. The lowest BCUT2D eigenvalue weighted by molar-refractivity contribution is -0.150. The summed E-state index contributed by atoms with van der Waals surface area (Å²) in [7, 11) is 0. The second kappa shape index (κ2) is 16.4. The Bertz CT molecular complexity index is 369. The largest absolute Gasteiger partial charge is 0.465 e. The fourth-order valence-corrected chi connectivity index (χ4v) is 2.74. The number of hydrogen-bond donors (Lipinski definition) is 0. The topological polar surface area (TPSA) is 35.5 Å². The fraction of sp³-hybridized carbons (Fsp3) is 0.773. The Morgan fingerprint density at radius 3 is 2.20 bits per heavy atom. The normalized spacial score (nSPS) is 15.1. The van der Waals surface area contributed by atoms with E-state index >= 15 is 0 Å². The van der Waals surface area contributed by atoms with Crippen LogP contribution in [0.25, 0.3) is 0 Å². The first-order valence-electron chi connectivity index (χ1n) is 10.4. The molecule has 0 bridgehead atoms. The van der Waals surface area contributed by atoms with Gasteiger partial charge in [-0.3, -0.25) is 4.79 Å². The molecule has 144 valence electrons. The van der Waals surface area contributed by atoms with Crippen LogP contribution in [-0.2, 0) is 14.3 Å². The van der Waals surface area contributed by atoms with Gasteiger partial charge in [0.2, 0.25) is 0 Å². The molecule has 0 saturated carbocycles. The molecular formula is C22H38O3. The summed E-state index contributed by atoms with van der Waals surface area (Å²) >= 11 is 0. The second-order valence-electron chi connectivity index (χ2n) is 7.07. The van der Waals surface area contributed by atoms with E-state index in [2.05, 4.69) is 31.2 Å². The summed E-state index contributed by atoms with van der Waals surface area (Å²) in [6.07, 6.45) is 23.0. The number of esters is 1. The maximum Gasteiger partial charge on any atom is 0.305 e. The highest BCUT2D eigenvalue weighted by Crippen LogP contribution is 2.12. The van der Waals surface area contributed by atoms with E-state index in [9.17, 15) is 4.79 Å². The third-order valence-corrected chi connectivity index (χ3v) is 4.52. The molecule has 25 heavy (non-hydrogen) atoms. The first-order chi connectivity index (χ1) is 12.3. The Morgan fingerprint density at radius 1 is 0.920 bits per heavy atom. The average molecular weight is 351 g/mol. The van der Waals surface area contributed by atoms with Gasteiger partial charge >= 0.3 is 5.97 Å². The van der Waals surface area contributed by atoms with Crippen molar-refractivity contribution in [1.82, 2.24) is 0 Å². The molecule has 1 aliphatic heterocycles. The van der Waals surface area contributed by atoms with Crippen LogP contribution in [0.15, 0.2) is 24.3 Å². The predicted octanol–water partition coefficient (Wildman–Crippen LogP) is 5.99. The molecule has 0 unspecified atom stereocenters. The van der Waals surface area contributed by atoms with Crippen LogP contribution in [0.3, 0.4) is 0 Å². The Labute approximate surface area is 154 Å². The standard InChI is InChI=1S/C22H38O3/c1-2-3-4-5-6-7-8-9-10-11-12-13-14-15-16-17-22(23)25-20-21-18-24-19-21/h6-7,9-10,21H,2-5,8,11-20H2,1H3/b7-6-,10-9-. The van der Waals surface area contributed by atoms with Crippen LogP contribution in [0.2, 0.25) is 0 Å². The van der Waals surface area contributed by atoms with Crippen molar-refractivity contribution in [3.63, 3.8) is 0 Å². The summed E-state index contributed by atoms with van der Waals surface area (Å²) in [5.41, 5.74) is 0. The van der Waals surface area contributed by atoms with Gasteiger partial charge in [0.05, 0.1) is 19.8 Å². The molecule has 0 aromatic rings. The third-order valence-electron chi connectivity index (χ3n) is 4.52. The van der Waals surface area contributed by atoms with Gasteiger partial charge in [0.1, 0.15) is 0 Å². The molecule has 1 saturated heterocycles. The molecule has 1 heterocycles. The van der Waals surface area contributed by atoms with Crippen LogP contribution in [0.1, 0.15) is 84.0 Å². The quantitative estimate of drug-likeness (QED) is 0.195. The van der Waals surface area contributed by atoms with Gasteiger partial charge in [-0.15, -0.1) is 0 Å². The summed E-state index contributed by atoms with van der Waals surface area (Å²) < 4.78 is 10.3. The third kappa shape index (κ3) is 13.8. The summed E-state index contributed by atoms with van der Waals surface area (Å²) in [6, 6.07) is 0. The van der Waals surface area contributed by atoms with E-state index in [0.29, 0.717) is 18.9 Å². The van der Waals surface area contributed by atoms with Gasteiger partial charge in [-0.05, 0) is 38.5 Å². The molecule has 1 rings (SSSR count). The minimum Gasteiger partial charge on any atom is -0.465 e. The molecule has 0 atom stereocenters. The molecule has 0 amide bonds. The van der Waals surface area contributed by atoms with Crippen LogP contribution >= 0.6 is 0 Å². The number of rotatable bonds is 16. The van der Waals surface area contributed by atoms with Crippen molar-refractivity contribution in [3.8, 4) is 0 Å². The van der Waals surface area contributed by atoms with Crippen molar-refractivity contribution in [1.29, 1.82) is 0 Å². The van der Waals surface area contributed by atoms with Crippen molar-refractivity contribution in [3.05, 3.63) is 24.3 Å². The Kier molecular flexibility index (Phi) is 14.4. The number of allylic oxidation sites excluding steroid dienone is 4. The zero-order valence-corrected chi connectivity index (χ0v) is 16.2. The van der Waals surface area contributed by atoms with E-state index in [1.54, 1.807) is 0 Å². The number of ether oxygens (including phenoxy) is 2. The first kappa shape index (κ1) is 22.0. The molecule has 0 spiro atoms. The summed E-state index contributed by atoms with van der Waals surface area (Å²) in [5, 5.41) is 0. The van der Waals surface area contributed by atoms with Crippen molar-refractivity contribution in [2.75, 3.05) is 19.8 Å². The van der Waals surface area contributed by atoms with Crippen LogP contribution in [-0.4, -0.2) is 25.8 Å². The fourth-order valence-electron chi connectivity index (χ4n) is 2.74. The highest BCUT2D eigenvalue weighted by Gasteiger charge is 2.19. The molecule has 3 nitrogen and oxygen atoms in total. The smallest absolute Gasteiger partial charge is 0.305 e. The highest BCUT2D eigenvalue weighted by molar-refractivity contribution is 5.69. The maximum atomic E-state index is 11.5. The molecule has 0 aromatic carbocycles. The van der Waals surface area contributed by atoms with Gasteiger partial charge in [0, 0.05) is 12.3 Å². The Morgan fingerprint density at radius 2 is 1.56 bits per heavy atom. The number of unbranched alkanes of at least 4 members (excludes halogenated alkanes) is 8. The van der Waals surface area contributed by atoms with Crippen LogP contribution in [0, 0.1) is 5.92 Å². The Balaban J connectivity index is 1.77. The van der Waals surface area contributed by atoms with Crippen LogP contribution in [0.5, 0.6) is 0 Å². The monoisotopic (exact) mass is 350 g/mol. The molecule has 0 radical (unpaired) electrons. The zero-order chi connectivity index (χ0) is 18.0. The lowest BCUT2D eigenvalue weighted by Crippen LogP contribution is -2.32. The molecule has 0 N–H and O–H groups in total. The summed E-state index contributed by atoms with van der Waals surface area (Å²) in [5.74, 6) is 0.395. The second-order valence-corrected chi connectivity index (χ2v) is 7.07. The van der Waals surface area contributed by atoms with Crippen molar-refractivity contribution >= 4 is 5.97 Å². The van der Waals surface area contributed by atoms with Crippen molar-refractivity contribution in [2.24, 2.45) is 5.92 Å². The molecule has 0 aromatic heterocycles. The van der Waals surface area contributed by atoms with Gasteiger partial charge in [-0.1, -0.05) is 63.3 Å². The van der Waals surface area contributed by atoms with Crippen LogP contribution < -0.4 is 0 Å². The van der Waals surface area contributed by atoms with E-state index in [-0.39, 0.29) is 5.97 Å². The minimum absolute atomic E-state index is 0.0439. The summed E-state index contributed by atoms with van der Waals surface area (Å²) in [4.78, 5) is 11.5. The lowest BCUT2D eigenvalue weighted by Gasteiger charge is -2.25. The molecular weight excluding hydrogens is 312 g/mol. The van der Waals surface area contributed by atoms with Crippen molar-refractivity contribution in [2.45, 2.75) is 84.0 Å². The highest BCUT2D eigenvalue weighted by atomic mass is 16.5. The van der Waals surface area contributed by atoms with Gasteiger partial charge in [-0.25, -0.2) is 0 Å². The van der Waals surface area contributed by atoms with E-state index < -0.39 is 0 Å². The molecule has 1 aliphatic rings.